The first kappa shape index (κ1) is 14.3. The molecule has 0 amide bonds. The van der Waals surface area contributed by atoms with Crippen LogP contribution in [0.15, 0.2) is 30.3 Å². The average Bonchev–Trinajstić information content (AvgIpc) is 2.94. The van der Waals surface area contributed by atoms with E-state index >= 15 is 0 Å². The van der Waals surface area contributed by atoms with E-state index in [-0.39, 0.29) is 11.9 Å². The molecule has 104 valence electrons. The van der Waals surface area contributed by atoms with Crippen LogP contribution in [0.3, 0.4) is 0 Å². The molecule has 3 aromatic rings. The molecule has 1 atom stereocenters. The number of fused-ring (bicyclic) bond motifs is 1. The van der Waals surface area contributed by atoms with E-state index in [2.05, 4.69) is 11.4 Å². The first-order valence-electron chi connectivity index (χ1n) is 5.89. The molecule has 0 fully saturated rings. The van der Waals surface area contributed by atoms with Crippen molar-refractivity contribution in [1.29, 1.82) is 0 Å². The van der Waals surface area contributed by atoms with Gasteiger partial charge in [0.2, 0.25) is 0 Å². The molecule has 20 heavy (non-hydrogen) atoms. The standard InChI is InChI=1S/C14H10Cl2FNS2/c1-18-13(9-6-12(15)20-14(9)16)11-4-7-2-3-8(17)5-10(7)19-11/h2-6,13,18H,1H3. The number of benzene rings is 1. The van der Waals surface area contributed by atoms with E-state index in [1.54, 1.807) is 23.5 Å². The van der Waals surface area contributed by atoms with Crippen molar-refractivity contribution < 1.29 is 4.39 Å². The van der Waals surface area contributed by atoms with Crippen molar-refractivity contribution in [1.82, 2.24) is 5.32 Å². The Hall–Kier alpha value is -0.650. The van der Waals surface area contributed by atoms with Gasteiger partial charge in [0.05, 0.1) is 14.7 Å². The van der Waals surface area contributed by atoms with Gasteiger partial charge >= 0.3 is 0 Å². The summed E-state index contributed by atoms with van der Waals surface area (Å²) in [5, 5.41) is 4.28. The SMILES string of the molecule is CNC(c1cc2ccc(F)cc2s1)c1cc(Cl)sc1Cl. The van der Waals surface area contributed by atoms with Crippen LogP contribution >= 0.6 is 45.9 Å². The first-order valence-corrected chi connectivity index (χ1v) is 8.28. The third-order valence-corrected chi connectivity index (χ3v) is 5.75. The van der Waals surface area contributed by atoms with E-state index in [4.69, 9.17) is 23.2 Å². The van der Waals surface area contributed by atoms with E-state index in [9.17, 15) is 4.39 Å². The second kappa shape index (κ2) is 5.62. The Balaban J connectivity index is 2.09. The number of halogens is 3. The van der Waals surface area contributed by atoms with Crippen LogP contribution in [0.4, 0.5) is 4.39 Å². The second-order valence-corrected chi connectivity index (χ2v) is 7.73. The number of hydrogen-bond donors (Lipinski definition) is 1. The summed E-state index contributed by atoms with van der Waals surface area (Å²) in [6, 6.07) is 8.72. The Labute approximate surface area is 134 Å². The van der Waals surface area contributed by atoms with Gasteiger partial charge in [-0.1, -0.05) is 29.3 Å². The maximum atomic E-state index is 13.3. The Morgan fingerprint density at radius 3 is 2.60 bits per heavy atom. The van der Waals surface area contributed by atoms with Crippen LogP contribution in [0.5, 0.6) is 0 Å². The lowest BCUT2D eigenvalue weighted by Crippen LogP contribution is -2.15. The molecule has 2 aromatic heterocycles. The van der Waals surface area contributed by atoms with E-state index < -0.39 is 0 Å². The summed E-state index contributed by atoms with van der Waals surface area (Å²) >= 11 is 15.2. The molecule has 0 saturated carbocycles. The topological polar surface area (TPSA) is 12.0 Å². The lowest BCUT2D eigenvalue weighted by molar-refractivity contribution is 0.630. The lowest BCUT2D eigenvalue weighted by atomic mass is 10.1. The van der Waals surface area contributed by atoms with Crippen LogP contribution in [-0.2, 0) is 0 Å². The number of rotatable bonds is 3. The molecule has 0 saturated heterocycles. The fraction of sp³-hybridized carbons (Fsp3) is 0.143. The molecule has 0 aliphatic rings. The molecule has 1 unspecified atom stereocenters. The van der Waals surface area contributed by atoms with E-state index in [0.717, 1.165) is 20.5 Å². The predicted molar refractivity (Wildman–Crippen MR) is 87.0 cm³/mol. The molecule has 1 N–H and O–H groups in total. The molecule has 0 spiro atoms. The zero-order valence-corrected chi connectivity index (χ0v) is 13.6. The van der Waals surface area contributed by atoms with Crippen LogP contribution in [0.25, 0.3) is 10.1 Å². The highest BCUT2D eigenvalue weighted by Crippen LogP contribution is 2.40. The van der Waals surface area contributed by atoms with Crippen molar-refractivity contribution in [2.75, 3.05) is 7.05 Å². The summed E-state index contributed by atoms with van der Waals surface area (Å²) in [5.74, 6) is -0.219. The van der Waals surface area contributed by atoms with Gasteiger partial charge in [0.1, 0.15) is 5.82 Å². The van der Waals surface area contributed by atoms with Gasteiger partial charge in [-0.25, -0.2) is 4.39 Å². The zero-order chi connectivity index (χ0) is 14.3. The summed E-state index contributed by atoms with van der Waals surface area (Å²) in [6.07, 6.45) is 0. The maximum absolute atomic E-state index is 13.3. The molecule has 1 nitrogen and oxygen atoms in total. The molecule has 0 bridgehead atoms. The summed E-state index contributed by atoms with van der Waals surface area (Å²) in [7, 11) is 1.87. The molecule has 2 heterocycles. The minimum absolute atomic E-state index is 0.0355. The summed E-state index contributed by atoms with van der Waals surface area (Å²) in [4.78, 5) is 1.09. The fourth-order valence-corrected chi connectivity index (χ4v) is 4.92. The molecular weight excluding hydrogens is 336 g/mol. The second-order valence-electron chi connectivity index (χ2n) is 4.33. The minimum Gasteiger partial charge on any atom is -0.309 e. The molecule has 0 radical (unpaired) electrons. The van der Waals surface area contributed by atoms with E-state index in [1.165, 1.54) is 17.4 Å². The van der Waals surface area contributed by atoms with Gasteiger partial charge in [-0.3, -0.25) is 0 Å². The highest BCUT2D eigenvalue weighted by Gasteiger charge is 2.20. The van der Waals surface area contributed by atoms with Crippen molar-refractivity contribution in [2.45, 2.75) is 6.04 Å². The Morgan fingerprint density at radius 2 is 1.95 bits per heavy atom. The summed E-state index contributed by atoms with van der Waals surface area (Å²) < 4.78 is 15.5. The number of thiophene rings is 2. The van der Waals surface area contributed by atoms with Crippen molar-refractivity contribution in [2.24, 2.45) is 0 Å². The molecule has 6 heteroatoms. The highest BCUT2D eigenvalue weighted by atomic mass is 35.5. The normalized spacial score (nSPS) is 13.0. The van der Waals surface area contributed by atoms with Crippen molar-refractivity contribution in [3.63, 3.8) is 0 Å². The van der Waals surface area contributed by atoms with Crippen LogP contribution in [-0.4, -0.2) is 7.05 Å². The smallest absolute Gasteiger partial charge is 0.124 e. The molecule has 0 aliphatic heterocycles. The van der Waals surface area contributed by atoms with E-state index in [1.807, 2.05) is 13.1 Å². The Morgan fingerprint density at radius 1 is 1.15 bits per heavy atom. The van der Waals surface area contributed by atoms with Gasteiger partial charge in [-0.2, -0.15) is 0 Å². The van der Waals surface area contributed by atoms with Crippen molar-refractivity contribution in [3.8, 4) is 0 Å². The van der Waals surface area contributed by atoms with Crippen molar-refractivity contribution >= 4 is 56.0 Å². The van der Waals surface area contributed by atoms with Gasteiger partial charge in [-0.05, 0) is 36.7 Å². The third kappa shape index (κ3) is 2.59. The molecular formula is C14H10Cl2FNS2. The van der Waals surface area contributed by atoms with Gasteiger partial charge in [0, 0.05) is 15.1 Å². The summed E-state index contributed by atoms with van der Waals surface area (Å²) in [5.41, 5.74) is 0.955. The van der Waals surface area contributed by atoms with Crippen LogP contribution < -0.4 is 5.32 Å². The van der Waals surface area contributed by atoms with Crippen LogP contribution in [0.2, 0.25) is 8.67 Å². The Bertz CT molecular complexity index is 766. The fourth-order valence-electron chi connectivity index (χ4n) is 2.17. The number of hydrogen-bond acceptors (Lipinski definition) is 3. The van der Waals surface area contributed by atoms with Crippen LogP contribution in [0.1, 0.15) is 16.5 Å². The first-order chi connectivity index (χ1) is 9.58. The highest BCUT2D eigenvalue weighted by molar-refractivity contribution is 7.20. The van der Waals surface area contributed by atoms with Gasteiger partial charge in [0.25, 0.3) is 0 Å². The quantitative estimate of drug-likeness (QED) is 0.640. The van der Waals surface area contributed by atoms with Gasteiger partial charge < -0.3 is 5.32 Å². The lowest BCUT2D eigenvalue weighted by Gasteiger charge is -2.13. The van der Waals surface area contributed by atoms with E-state index in [0.29, 0.717) is 8.67 Å². The number of nitrogens with one attached hydrogen (secondary N) is 1. The molecule has 0 aliphatic carbocycles. The monoisotopic (exact) mass is 345 g/mol. The molecule has 3 rings (SSSR count). The zero-order valence-electron chi connectivity index (χ0n) is 10.4. The maximum Gasteiger partial charge on any atom is 0.124 e. The van der Waals surface area contributed by atoms with Gasteiger partial charge in [0.15, 0.2) is 0 Å². The molecule has 1 aromatic carbocycles. The summed E-state index contributed by atoms with van der Waals surface area (Å²) in [6.45, 7) is 0. The third-order valence-electron chi connectivity index (χ3n) is 3.07. The van der Waals surface area contributed by atoms with Crippen molar-refractivity contribution in [3.05, 3.63) is 55.3 Å². The van der Waals surface area contributed by atoms with Crippen LogP contribution in [0, 0.1) is 5.82 Å². The van der Waals surface area contributed by atoms with Gasteiger partial charge in [-0.15, -0.1) is 22.7 Å². The predicted octanol–water partition coefficient (Wildman–Crippen LogP) is 5.72. The minimum atomic E-state index is -0.219. The largest absolute Gasteiger partial charge is 0.309 e. The average molecular weight is 346 g/mol. The Kier molecular flexibility index (Phi) is 4.02.